The maximum absolute atomic E-state index is 12.9. The molecule has 0 heterocycles. The molecule has 0 saturated carbocycles. The fourth-order valence-corrected chi connectivity index (χ4v) is 4.09. The van der Waals surface area contributed by atoms with Crippen LogP contribution in [0.2, 0.25) is 0 Å². The number of carbonyl (C=O) groups excluding carboxylic acids is 3. The van der Waals surface area contributed by atoms with E-state index < -0.39 is 5.25 Å². The van der Waals surface area contributed by atoms with Crippen molar-refractivity contribution in [2.24, 2.45) is 0 Å². The molecule has 2 amide bonds. The van der Waals surface area contributed by atoms with Gasteiger partial charge in [0, 0.05) is 22.1 Å². The van der Waals surface area contributed by atoms with Crippen molar-refractivity contribution in [2.45, 2.75) is 24.0 Å². The molecule has 0 fully saturated rings. The summed E-state index contributed by atoms with van der Waals surface area (Å²) in [6.07, 6.45) is 0. The number of carbonyl (C=O) groups is 3. The zero-order valence-electron chi connectivity index (χ0n) is 16.7. The number of likely N-dealkylation sites (N-methyl/N-ethyl adjacent to an activating group) is 1. The number of benzene rings is 2. The van der Waals surface area contributed by atoms with Gasteiger partial charge in [-0.1, -0.05) is 28.1 Å². The maximum Gasteiger partial charge on any atom is 0.318 e. The Morgan fingerprint density at radius 3 is 2.55 bits per heavy atom. The number of nitrogens with zero attached hydrogens (tertiary/aromatic N) is 1. The predicted octanol–water partition coefficient (Wildman–Crippen LogP) is 4.12. The zero-order chi connectivity index (χ0) is 21.6. The summed E-state index contributed by atoms with van der Waals surface area (Å²) in [7, 11) is 2.90. The number of nitrogens with one attached hydrogen (secondary N) is 1. The average molecular weight is 479 g/mol. The van der Waals surface area contributed by atoms with E-state index in [1.807, 2.05) is 19.1 Å². The molecule has 0 aliphatic heterocycles. The predicted molar refractivity (Wildman–Crippen MR) is 118 cm³/mol. The van der Waals surface area contributed by atoms with Crippen LogP contribution in [0.3, 0.4) is 0 Å². The Balaban J connectivity index is 2.08. The van der Waals surface area contributed by atoms with Crippen LogP contribution in [-0.4, -0.2) is 48.6 Å². The monoisotopic (exact) mass is 478 g/mol. The molecule has 2 rings (SSSR count). The van der Waals surface area contributed by atoms with Gasteiger partial charge in [-0.25, -0.2) is 0 Å². The number of ether oxygens (including phenoxy) is 1. The number of thioether (sulfide) groups is 1. The first-order valence-corrected chi connectivity index (χ1v) is 10.5. The van der Waals surface area contributed by atoms with Crippen molar-refractivity contribution >= 4 is 51.2 Å². The lowest BCUT2D eigenvalue weighted by Gasteiger charge is -2.19. The highest BCUT2D eigenvalue weighted by atomic mass is 79.9. The quantitative estimate of drug-likeness (QED) is 0.478. The van der Waals surface area contributed by atoms with Crippen molar-refractivity contribution in [3.05, 3.63) is 58.1 Å². The minimum absolute atomic E-state index is 0.0973. The summed E-state index contributed by atoms with van der Waals surface area (Å²) in [4.78, 5) is 39.0. The van der Waals surface area contributed by atoms with Gasteiger partial charge in [-0.05, 0) is 49.7 Å². The number of hydrogen-bond donors (Lipinski definition) is 1. The molecule has 2 aromatic rings. The van der Waals surface area contributed by atoms with E-state index in [2.05, 4.69) is 21.2 Å². The Morgan fingerprint density at radius 1 is 1.21 bits per heavy atom. The summed E-state index contributed by atoms with van der Waals surface area (Å²) < 4.78 is 5.67. The lowest BCUT2D eigenvalue weighted by molar-refractivity contribution is -0.139. The summed E-state index contributed by atoms with van der Waals surface area (Å²) >= 11 is 4.63. The molecule has 0 spiro atoms. The van der Waals surface area contributed by atoms with Gasteiger partial charge in [0.1, 0.15) is 5.25 Å². The molecule has 0 saturated heterocycles. The van der Waals surface area contributed by atoms with E-state index >= 15 is 0 Å². The third-order valence-electron chi connectivity index (χ3n) is 4.14. The van der Waals surface area contributed by atoms with Crippen LogP contribution >= 0.6 is 27.7 Å². The van der Waals surface area contributed by atoms with Gasteiger partial charge in [-0.3, -0.25) is 14.4 Å². The number of rotatable bonds is 7. The van der Waals surface area contributed by atoms with E-state index in [4.69, 9.17) is 4.74 Å². The Bertz CT molecular complexity index is 919. The van der Waals surface area contributed by atoms with Crippen molar-refractivity contribution in [3.8, 4) is 0 Å². The lowest BCUT2D eigenvalue weighted by Crippen LogP contribution is -2.35. The first-order valence-electron chi connectivity index (χ1n) is 8.88. The topological polar surface area (TPSA) is 75.7 Å². The molecule has 1 N–H and O–H groups in total. The fourth-order valence-electron chi connectivity index (χ4n) is 2.60. The highest BCUT2D eigenvalue weighted by molar-refractivity contribution is 9.10. The molecule has 8 heteroatoms. The second-order valence-electron chi connectivity index (χ2n) is 6.45. The third-order valence-corrected chi connectivity index (χ3v) is 5.79. The van der Waals surface area contributed by atoms with E-state index in [9.17, 15) is 14.4 Å². The average Bonchev–Trinajstić information content (AvgIpc) is 2.69. The Morgan fingerprint density at radius 2 is 1.90 bits per heavy atom. The van der Waals surface area contributed by atoms with E-state index in [1.165, 1.54) is 23.8 Å². The second kappa shape index (κ2) is 10.5. The molecular weight excluding hydrogens is 456 g/mol. The molecular formula is C21H23BrN2O4S. The molecule has 6 nitrogen and oxygen atoms in total. The molecule has 0 bridgehead atoms. The summed E-state index contributed by atoms with van der Waals surface area (Å²) in [6, 6.07) is 12.6. The minimum atomic E-state index is -0.456. The molecule has 0 radical (unpaired) electrons. The first-order chi connectivity index (χ1) is 13.7. The van der Waals surface area contributed by atoms with Crippen molar-refractivity contribution in [1.29, 1.82) is 0 Å². The number of esters is 1. The normalized spacial score (nSPS) is 11.5. The smallest absolute Gasteiger partial charge is 0.318 e. The third kappa shape index (κ3) is 6.33. The highest BCUT2D eigenvalue weighted by Crippen LogP contribution is 2.28. The van der Waals surface area contributed by atoms with E-state index in [-0.39, 0.29) is 24.3 Å². The van der Waals surface area contributed by atoms with Crippen LogP contribution in [0.15, 0.2) is 51.8 Å². The van der Waals surface area contributed by atoms with Crippen LogP contribution < -0.4 is 5.32 Å². The van der Waals surface area contributed by atoms with Crippen molar-refractivity contribution in [2.75, 3.05) is 26.0 Å². The maximum atomic E-state index is 12.9. The van der Waals surface area contributed by atoms with Crippen LogP contribution in [0, 0.1) is 6.92 Å². The van der Waals surface area contributed by atoms with Gasteiger partial charge >= 0.3 is 5.97 Å². The number of anilines is 1. The molecule has 0 aliphatic rings. The van der Waals surface area contributed by atoms with Gasteiger partial charge in [0.15, 0.2) is 0 Å². The number of halogens is 1. The first kappa shape index (κ1) is 23.0. The number of aryl methyl sites for hydroxylation is 1. The number of hydrogen-bond acceptors (Lipinski definition) is 5. The van der Waals surface area contributed by atoms with Crippen molar-refractivity contribution in [3.63, 3.8) is 0 Å². The lowest BCUT2D eigenvalue weighted by atomic mass is 10.2. The van der Waals surface area contributed by atoms with Crippen LogP contribution in [0.1, 0.15) is 22.8 Å². The van der Waals surface area contributed by atoms with Gasteiger partial charge in [0.25, 0.3) is 5.91 Å². The van der Waals surface area contributed by atoms with Gasteiger partial charge < -0.3 is 15.0 Å². The minimum Gasteiger partial charge on any atom is -0.468 e. The SMILES string of the molecule is COC(=O)C(C)Sc1ccccc1C(=O)N(C)CC(=O)Nc1ccc(Br)cc1C. The van der Waals surface area contributed by atoms with E-state index in [1.54, 1.807) is 44.3 Å². The number of amides is 2. The van der Waals surface area contributed by atoms with Crippen molar-refractivity contribution in [1.82, 2.24) is 4.90 Å². The van der Waals surface area contributed by atoms with E-state index in [0.29, 0.717) is 16.1 Å². The van der Waals surface area contributed by atoms with Crippen LogP contribution in [0.25, 0.3) is 0 Å². The van der Waals surface area contributed by atoms with Crippen LogP contribution in [0.4, 0.5) is 5.69 Å². The highest BCUT2D eigenvalue weighted by Gasteiger charge is 2.22. The molecule has 1 atom stereocenters. The van der Waals surface area contributed by atoms with Gasteiger partial charge in [-0.15, -0.1) is 11.8 Å². The van der Waals surface area contributed by atoms with Gasteiger partial charge in [0.05, 0.1) is 19.2 Å². The summed E-state index contributed by atoms with van der Waals surface area (Å²) in [5, 5.41) is 2.37. The number of methoxy groups -OCH3 is 1. The second-order valence-corrected chi connectivity index (χ2v) is 8.75. The standard InChI is InChI=1S/C21H23BrN2O4S/c1-13-11-15(22)9-10-17(13)23-19(25)12-24(3)20(26)16-7-5-6-8-18(16)29-14(2)21(27)28-4/h5-11,14H,12H2,1-4H3,(H,23,25). The summed E-state index contributed by atoms with van der Waals surface area (Å²) in [6.45, 7) is 3.51. The van der Waals surface area contributed by atoms with Crippen LogP contribution in [0.5, 0.6) is 0 Å². The van der Waals surface area contributed by atoms with Crippen LogP contribution in [-0.2, 0) is 14.3 Å². The Labute approximate surface area is 183 Å². The van der Waals surface area contributed by atoms with Gasteiger partial charge in [0.2, 0.25) is 5.91 Å². The Kier molecular flexibility index (Phi) is 8.28. The summed E-state index contributed by atoms with van der Waals surface area (Å²) in [5.74, 6) is -0.956. The zero-order valence-corrected chi connectivity index (χ0v) is 19.1. The van der Waals surface area contributed by atoms with E-state index in [0.717, 1.165) is 10.0 Å². The molecule has 29 heavy (non-hydrogen) atoms. The largest absolute Gasteiger partial charge is 0.468 e. The molecule has 0 aromatic heterocycles. The molecule has 2 aromatic carbocycles. The Hall–Kier alpha value is -2.32. The van der Waals surface area contributed by atoms with Gasteiger partial charge in [-0.2, -0.15) is 0 Å². The molecule has 1 unspecified atom stereocenters. The summed E-state index contributed by atoms with van der Waals surface area (Å²) in [5.41, 5.74) is 2.05. The molecule has 0 aliphatic carbocycles. The van der Waals surface area contributed by atoms with Crippen molar-refractivity contribution < 1.29 is 19.1 Å². The molecule has 154 valence electrons. The fraction of sp³-hybridized carbons (Fsp3) is 0.286.